The van der Waals surface area contributed by atoms with E-state index >= 15 is 0 Å². The van der Waals surface area contributed by atoms with E-state index in [0.717, 1.165) is 22.6 Å². The van der Waals surface area contributed by atoms with Gasteiger partial charge in [-0.05, 0) is 25.1 Å². The minimum Gasteiger partial charge on any atom is -0.478 e. The first kappa shape index (κ1) is 18.7. The van der Waals surface area contributed by atoms with Crippen LogP contribution in [0.4, 0.5) is 5.69 Å². The number of fused-ring (bicyclic) bond motifs is 1. The lowest BCUT2D eigenvalue weighted by Crippen LogP contribution is -2.22. The fourth-order valence-corrected chi connectivity index (χ4v) is 2.97. The third-order valence-corrected chi connectivity index (χ3v) is 4.52. The van der Waals surface area contributed by atoms with E-state index in [1.165, 1.54) is 6.07 Å². The molecule has 0 fully saturated rings. The summed E-state index contributed by atoms with van der Waals surface area (Å²) in [5, 5.41) is 2.79. The van der Waals surface area contributed by atoms with Gasteiger partial charge in [0.25, 0.3) is 5.91 Å². The third kappa shape index (κ3) is 3.86. The predicted octanol–water partition coefficient (Wildman–Crippen LogP) is 2.72. The summed E-state index contributed by atoms with van der Waals surface area (Å²) >= 11 is 0. The van der Waals surface area contributed by atoms with E-state index in [1.807, 2.05) is 39.2 Å². The molecule has 0 atom stereocenters. The lowest BCUT2D eigenvalue weighted by molar-refractivity contribution is -0.118. The van der Waals surface area contributed by atoms with Gasteiger partial charge in [-0.25, -0.2) is 4.98 Å². The summed E-state index contributed by atoms with van der Waals surface area (Å²) in [7, 11) is 3.80. The van der Waals surface area contributed by atoms with Crippen molar-refractivity contribution in [3.05, 3.63) is 52.2 Å². The van der Waals surface area contributed by atoms with Crippen molar-refractivity contribution in [2.24, 2.45) is 14.1 Å². The topological polar surface area (TPSA) is 78.2 Å². The molecule has 0 radical (unpaired) electrons. The molecule has 2 heterocycles. The van der Waals surface area contributed by atoms with Crippen LogP contribution in [0.15, 0.2) is 35.3 Å². The van der Waals surface area contributed by atoms with Crippen molar-refractivity contribution in [3.8, 4) is 5.75 Å². The van der Waals surface area contributed by atoms with Crippen LogP contribution in [0.5, 0.6) is 5.75 Å². The highest BCUT2D eigenvalue weighted by molar-refractivity contribution is 5.94. The highest BCUT2D eigenvalue weighted by atomic mass is 16.5. The lowest BCUT2D eigenvalue weighted by atomic mass is 10.2. The van der Waals surface area contributed by atoms with Crippen molar-refractivity contribution >= 4 is 22.6 Å². The van der Waals surface area contributed by atoms with E-state index in [2.05, 4.69) is 28.7 Å². The highest BCUT2D eigenvalue weighted by Crippen LogP contribution is 2.23. The number of anilines is 1. The molecule has 0 unspecified atom stereocenters. The molecular formula is C20H24N4O3. The Balaban J connectivity index is 1.71. The van der Waals surface area contributed by atoms with E-state index in [-0.39, 0.29) is 23.7 Å². The van der Waals surface area contributed by atoms with Gasteiger partial charge in [0.15, 0.2) is 12.4 Å². The third-order valence-electron chi connectivity index (χ3n) is 4.52. The summed E-state index contributed by atoms with van der Waals surface area (Å²) in [5.74, 6) is 1.12. The molecule has 1 amide bonds. The number of rotatable bonds is 5. The average molecular weight is 368 g/mol. The number of ether oxygens (including phenoxy) is 1. The zero-order valence-corrected chi connectivity index (χ0v) is 16.2. The Bertz CT molecular complexity index is 1060. The van der Waals surface area contributed by atoms with E-state index in [0.29, 0.717) is 11.6 Å². The first-order valence-corrected chi connectivity index (χ1v) is 8.82. The summed E-state index contributed by atoms with van der Waals surface area (Å²) in [5.41, 5.74) is 3.06. The number of carbonyl (C=O) groups is 1. The van der Waals surface area contributed by atoms with Gasteiger partial charge < -0.3 is 19.2 Å². The highest BCUT2D eigenvalue weighted by Gasteiger charge is 2.12. The fraction of sp³-hybridized carbons (Fsp3) is 0.350. The Kier molecular flexibility index (Phi) is 5.03. The number of aryl methyl sites for hydroxylation is 3. The van der Waals surface area contributed by atoms with Crippen molar-refractivity contribution in [2.75, 3.05) is 11.9 Å². The number of carbonyl (C=O) groups excluding carboxylic acids is 1. The van der Waals surface area contributed by atoms with E-state index < -0.39 is 0 Å². The number of nitrogens with zero attached hydrogens (tertiary/aromatic N) is 3. The molecule has 27 heavy (non-hydrogen) atoms. The summed E-state index contributed by atoms with van der Waals surface area (Å²) < 4.78 is 9.21. The molecule has 7 nitrogen and oxygen atoms in total. The SMILES string of the molecule is Cc1cc(=O)c(OCC(=O)Nc2ccc3c(c2)nc(C(C)C)n3C)cn1C. The van der Waals surface area contributed by atoms with Crippen LogP contribution < -0.4 is 15.5 Å². The molecule has 0 saturated heterocycles. The van der Waals surface area contributed by atoms with Gasteiger partial charge in [0, 0.05) is 43.7 Å². The molecule has 0 bridgehead atoms. The van der Waals surface area contributed by atoms with Crippen molar-refractivity contribution in [2.45, 2.75) is 26.7 Å². The molecule has 0 saturated carbocycles. The Morgan fingerprint density at radius 3 is 2.70 bits per heavy atom. The van der Waals surface area contributed by atoms with Crippen LogP contribution in [-0.2, 0) is 18.9 Å². The average Bonchev–Trinajstić information content (AvgIpc) is 2.93. The van der Waals surface area contributed by atoms with Gasteiger partial charge in [0.1, 0.15) is 5.82 Å². The van der Waals surface area contributed by atoms with Crippen LogP contribution in [0.3, 0.4) is 0 Å². The Morgan fingerprint density at radius 2 is 2.00 bits per heavy atom. The first-order chi connectivity index (χ1) is 12.8. The Labute approximate surface area is 157 Å². The number of amides is 1. The number of hydrogen-bond acceptors (Lipinski definition) is 4. The van der Waals surface area contributed by atoms with Crippen LogP contribution >= 0.6 is 0 Å². The molecule has 0 spiro atoms. The molecule has 3 aromatic rings. The molecule has 0 aliphatic carbocycles. The van der Waals surface area contributed by atoms with Crippen LogP contribution in [0.25, 0.3) is 11.0 Å². The minimum absolute atomic E-state index is 0.153. The van der Waals surface area contributed by atoms with Gasteiger partial charge in [0.2, 0.25) is 5.43 Å². The molecule has 2 aromatic heterocycles. The number of pyridine rings is 1. The van der Waals surface area contributed by atoms with Crippen molar-refractivity contribution in [1.82, 2.24) is 14.1 Å². The second-order valence-electron chi connectivity index (χ2n) is 6.98. The zero-order chi connectivity index (χ0) is 19.7. The monoisotopic (exact) mass is 368 g/mol. The summed E-state index contributed by atoms with van der Waals surface area (Å²) in [6.45, 7) is 5.78. The summed E-state index contributed by atoms with van der Waals surface area (Å²) in [4.78, 5) is 28.8. The molecule has 1 aromatic carbocycles. The number of imidazole rings is 1. The second-order valence-corrected chi connectivity index (χ2v) is 6.98. The second kappa shape index (κ2) is 7.26. The van der Waals surface area contributed by atoms with Crippen LogP contribution in [-0.4, -0.2) is 26.6 Å². The predicted molar refractivity (Wildman–Crippen MR) is 105 cm³/mol. The van der Waals surface area contributed by atoms with Crippen LogP contribution in [0, 0.1) is 6.92 Å². The summed E-state index contributed by atoms with van der Waals surface area (Å²) in [6, 6.07) is 7.08. The Morgan fingerprint density at radius 1 is 1.26 bits per heavy atom. The summed E-state index contributed by atoms with van der Waals surface area (Å²) in [6.07, 6.45) is 1.58. The van der Waals surface area contributed by atoms with Crippen LogP contribution in [0.2, 0.25) is 0 Å². The number of benzene rings is 1. The van der Waals surface area contributed by atoms with E-state index in [9.17, 15) is 9.59 Å². The molecule has 142 valence electrons. The standard InChI is InChI=1S/C20H24N4O3/c1-12(2)20-22-15-9-14(6-7-16(15)24(20)5)21-19(26)11-27-18-10-23(4)13(3)8-17(18)25/h6-10,12H,11H2,1-5H3,(H,21,26). The molecule has 0 aliphatic heterocycles. The van der Waals surface area contributed by atoms with Crippen molar-refractivity contribution in [1.29, 1.82) is 0 Å². The number of nitrogens with one attached hydrogen (secondary N) is 1. The van der Waals surface area contributed by atoms with E-state index in [1.54, 1.807) is 10.8 Å². The van der Waals surface area contributed by atoms with Crippen molar-refractivity contribution < 1.29 is 9.53 Å². The van der Waals surface area contributed by atoms with Crippen molar-refractivity contribution in [3.63, 3.8) is 0 Å². The molecular weight excluding hydrogens is 344 g/mol. The van der Waals surface area contributed by atoms with Gasteiger partial charge in [-0.15, -0.1) is 0 Å². The maximum Gasteiger partial charge on any atom is 0.262 e. The smallest absolute Gasteiger partial charge is 0.262 e. The van der Waals surface area contributed by atoms with Crippen LogP contribution in [0.1, 0.15) is 31.3 Å². The number of hydrogen-bond donors (Lipinski definition) is 1. The maximum atomic E-state index is 12.2. The fourth-order valence-electron chi connectivity index (χ4n) is 2.97. The molecule has 0 aliphatic rings. The van der Waals surface area contributed by atoms with Gasteiger partial charge in [-0.1, -0.05) is 13.8 Å². The van der Waals surface area contributed by atoms with Gasteiger partial charge in [0.05, 0.1) is 11.0 Å². The zero-order valence-electron chi connectivity index (χ0n) is 16.2. The minimum atomic E-state index is -0.336. The van der Waals surface area contributed by atoms with Gasteiger partial charge in [-0.2, -0.15) is 0 Å². The van der Waals surface area contributed by atoms with E-state index in [4.69, 9.17) is 4.74 Å². The quantitative estimate of drug-likeness (QED) is 0.751. The molecule has 3 rings (SSSR count). The lowest BCUT2D eigenvalue weighted by Gasteiger charge is -2.09. The first-order valence-electron chi connectivity index (χ1n) is 8.82. The normalized spacial score (nSPS) is 11.2. The maximum absolute atomic E-state index is 12.2. The number of aromatic nitrogens is 3. The molecule has 7 heteroatoms. The largest absolute Gasteiger partial charge is 0.478 e. The Hall–Kier alpha value is -3.09. The van der Waals surface area contributed by atoms with Gasteiger partial charge in [-0.3, -0.25) is 9.59 Å². The van der Waals surface area contributed by atoms with Gasteiger partial charge >= 0.3 is 0 Å². The molecule has 1 N–H and O–H groups in total.